The maximum Gasteiger partial charge on any atom is 0.219 e. The maximum absolute atomic E-state index is 11.2. The SMILES string of the molecule is CC.CC(=O)N1CCC2(CC1)CN(CCCN)C2. The van der Waals surface area contributed by atoms with E-state index in [2.05, 4.69) is 4.90 Å². The first-order valence-corrected chi connectivity index (χ1v) is 7.33. The third-order valence-electron chi connectivity index (χ3n) is 4.07. The summed E-state index contributed by atoms with van der Waals surface area (Å²) in [6.45, 7) is 12.0. The molecule has 1 spiro atoms. The van der Waals surface area contributed by atoms with Gasteiger partial charge in [0.25, 0.3) is 0 Å². The fourth-order valence-electron chi connectivity index (χ4n) is 2.99. The Morgan fingerprint density at radius 3 is 2.22 bits per heavy atom. The summed E-state index contributed by atoms with van der Waals surface area (Å²) in [7, 11) is 0. The third kappa shape index (κ3) is 3.69. The van der Waals surface area contributed by atoms with Crippen LogP contribution in [0.15, 0.2) is 0 Å². The van der Waals surface area contributed by atoms with Gasteiger partial charge in [0.1, 0.15) is 0 Å². The standard InChI is InChI=1S/C12H23N3O.C2H6/c1-11(16)15-7-3-12(4-8-15)9-14(10-12)6-2-5-13;1-2/h2-10,13H2,1H3;1-2H3. The molecule has 0 atom stereocenters. The Morgan fingerprint density at radius 2 is 1.78 bits per heavy atom. The molecule has 0 unspecified atom stereocenters. The lowest BCUT2D eigenvalue weighted by molar-refractivity contribution is -0.133. The molecule has 18 heavy (non-hydrogen) atoms. The first-order chi connectivity index (χ1) is 8.65. The summed E-state index contributed by atoms with van der Waals surface area (Å²) in [6, 6.07) is 0. The summed E-state index contributed by atoms with van der Waals surface area (Å²) in [6.07, 6.45) is 3.48. The van der Waals surface area contributed by atoms with Gasteiger partial charge in [0.05, 0.1) is 0 Å². The van der Waals surface area contributed by atoms with Gasteiger partial charge < -0.3 is 15.5 Å². The predicted octanol–water partition coefficient (Wildman–Crippen LogP) is 1.31. The number of hydrogen-bond acceptors (Lipinski definition) is 3. The summed E-state index contributed by atoms with van der Waals surface area (Å²) < 4.78 is 0. The van der Waals surface area contributed by atoms with Crippen molar-refractivity contribution >= 4 is 5.91 Å². The van der Waals surface area contributed by atoms with E-state index < -0.39 is 0 Å². The zero-order chi connectivity index (χ0) is 13.6. The average Bonchev–Trinajstić information content (AvgIpc) is 2.36. The predicted molar refractivity (Wildman–Crippen MR) is 75.4 cm³/mol. The van der Waals surface area contributed by atoms with Gasteiger partial charge in [-0.25, -0.2) is 0 Å². The molecular weight excluding hydrogens is 226 g/mol. The fraction of sp³-hybridized carbons (Fsp3) is 0.929. The summed E-state index contributed by atoms with van der Waals surface area (Å²) in [5, 5.41) is 0. The molecule has 0 radical (unpaired) electrons. The quantitative estimate of drug-likeness (QED) is 0.827. The van der Waals surface area contributed by atoms with E-state index in [-0.39, 0.29) is 5.91 Å². The second-order valence-electron chi connectivity index (χ2n) is 5.36. The molecule has 2 saturated heterocycles. The Bertz CT molecular complexity index is 252. The molecule has 2 N–H and O–H groups in total. The van der Waals surface area contributed by atoms with Gasteiger partial charge in [0.15, 0.2) is 0 Å². The molecule has 1 amide bonds. The number of likely N-dealkylation sites (tertiary alicyclic amines) is 2. The van der Waals surface area contributed by atoms with E-state index in [0.29, 0.717) is 5.41 Å². The first kappa shape index (κ1) is 15.4. The van der Waals surface area contributed by atoms with Gasteiger partial charge in [0, 0.05) is 33.1 Å². The van der Waals surface area contributed by atoms with E-state index in [9.17, 15) is 4.79 Å². The highest BCUT2D eigenvalue weighted by Gasteiger charge is 2.44. The molecule has 106 valence electrons. The third-order valence-corrected chi connectivity index (χ3v) is 4.07. The van der Waals surface area contributed by atoms with Crippen molar-refractivity contribution in [1.82, 2.24) is 9.80 Å². The van der Waals surface area contributed by atoms with E-state index in [0.717, 1.165) is 32.6 Å². The summed E-state index contributed by atoms with van der Waals surface area (Å²) in [5.74, 6) is 0.231. The van der Waals surface area contributed by atoms with E-state index >= 15 is 0 Å². The van der Waals surface area contributed by atoms with Crippen molar-refractivity contribution in [3.63, 3.8) is 0 Å². The normalized spacial score (nSPS) is 22.1. The van der Waals surface area contributed by atoms with Gasteiger partial charge in [-0.1, -0.05) is 13.8 Å². The number of nitrogens with two attached hydrogens (primary N) is 1. The number of hydrogen-bond donors (Lipinski definition) is 1. The van der Waals surface area contributed by atoms with Crippen LogP contribution in [0.3, 0.4) is 0 Å². The van der Waals surface area contributed by atoms with Crippen LogP contribution in [0.2, 0.25) is 0 Å². The number of rotatable bonds is 3. The van der Waals surface area contributed by atoms with Crippen LogP contribution in [0.1, 0.15) is 40.0 Å². The molecule has 2 heterocycles. The highest BCUT2D eigenvalue weighted by Crippen LogP contribution is 2.40. The molecule has 0 aromatic carbocycles. The molecule has 2 rings (SSSR count). The van der Waals surface area contributed by atoms with Gasteiger partial charge in [-0.05, 0) is 37.8 Å². The second kappa shape index (κ2) is 7.10. The Hall–Kier alpha value is -0.610. The highest BCUT2D eigenvalue weighted by molar-refractivity contribution is 5.73. The molecule has 2 fully saturated rings. The van der Waals surface area contributed by atoms with Crippen molar-refractivity contribution in [2.45, 2.75) is 40.0 Å². The molecule has 4 heteroatoms. The Kier molecular flexibility index (Phi) is 6.09. The Balaban J connectivity index is 0.000000771. The summed E-state index contributed by atoms with van der Waals surface area (Å²) in [5.41, 5.74) is 6.03. The Morgan fingerprint density at radius 1 is 1.22 bits per heavy atom. The van der Waals surface area contributed by atoms with Crippen LogP contribution in [-0.4, -0.2) is 55.0 Å². The van der Waals surface area contributed by atoms with Crippen molar-refractivity contribution < 1.29 is 4.79 Å². The molecule has 0 saturated carbocycles. The van der Waals surface area contributed by atoms with E-state index in [1.54, 1.807) is 6.92 Å². The van der Waals surface area contributed by atoms with Crippen molar-refractivity contribution in [3.8, 4) is 0 Å². The molecule has 0 aliphatic carbocycles. The number of piperidine rings is 1. The lowest BCUT2D eigenvalue weighted by Crippen LogP contribution is -2.60. The van der Waals surface area contributed by atoms with Crippen molar-refractivity contribution in [2.75, 3.05) is 39.3 Å². The molecule has 2 aliphatic heterocycles. The van der Waals surface area contributed by atoms with Crippen LogP contribution < -0.4 is 5.73 Å². The number of nitrogens with zero attached hydrogens (tertiary/aromatic N) is 2. The fourth-order valence-corrected chi connectivity index (χ4v) is 2.99. The van der Waals surface area contributed by atoms with Gasteiger partial charge in [-0.15, -0.1) is 0 Å². The van der Waals surface area contributed by atoms with Crippen LogP contribution in [0.25, 0.3) is 0 Å². The molecular formula is C14H29N3O. The van der Waals surface area contributed by atoms with E-state index in [1.165, 1.54) is 25.9 Å². The lowest BCUT2D eigenvalue weighted by Gasteiger charge is -2.54. The average molecular weight is 255 g/mol. The number of amides is 1. The minimum Gasteiger partial charge on any atom is -0.343 e. The van der Waals surface area contributed by atoms with Crippen molar-refractivity contribution in [3.05, 3.63) is 0 Å². The largest absolute Gasteiger partial charge is 0.343 e. The van der Waals surface area contributed by atoms with Gasteiger partial charge >= 0.3 is 0 Å². The van der Waals surface area contributed by atoms with Gasteiger partial charge in [-0.3, -0.25) is 4.79 Å². The van der Waals surface area contributed by atoms with Crippen LogP contribution >= 0.6 is 0 Å². The van der Waals surface area contributed by atoms with Crippen molar-refractivity contribution in [1.29, 1.82) is 0 Å². The first-order valence-electron chi connectivity index (χ1n) is 7.33. The van der Waals surface area contributed by atoms with Crippen molar-refractivity contribution in [2.24, 2.45) is 11.1 Å². The zero-order valence-electron chi connectivity index (χ0n) is 12.2. The van der Waals surface area contributed by atoms with Crippen LogP contribution in [0, 0.1) is 5.41 Å². The Labute approximate surface area is 111 Å². The minimum absolute atomic E-state index is 0.231. The highest BCUT2D eigenvalue weighted by atomic mass is 16.2. The lowest BCUT2D eigenvalue weighted by atomic mass is 9.72. The molecule has 4 nitrogen and oxygen atoms in total. The molecule has 0 aromatic heterocycles. The maximum atomic E-state index is 11.2. The van der Waals surface area contributed by atoms with E-state index in [1.807, 2.05) is 18.7 Å². The minimum atomic E-state index is 0.231. The van der Waals surface area contributed by atoms with Crippen LogP contribution in [-0.2, 0) is 4.79 Å². The topological polar surface area (TPSA) is 49.6 Å². The van der Waals surface area contributed by atoms with Crippen LogP contribution in [0.4, 0.5) is 0 Å². The number of carbonyl (C=O) groups excluding carboxylic acids is 1. The van der Waals surface area contributed by atoms with Gasteiger partial charge in [-0.2, -0.15) is 0 Å². The molecule has 2 aliphatic rings. The monoisotopic (exact) mass is 255 g/mol. The molecule has 0 bridgehead atoms. The smallest absolute Gasteiger partial charge is 0.219 e. The number of carbonyl (C=O) groups is 1. The van der Waals surface area contributed by atoms with E-state index in [4.69, 9.17) is 5.73 Å². The van der Waals surface area contributed by atoms with Gasteiger partial charge in [0.2, 0.25) is 5.91 Å². The summed E-state index contributed by atoms with van der Waals surface area (Å²) in [4.78, 5) is 15.7. The summed E-state index contributed by atoms with van der Waals surface area (Å²) >= 11 is 0. The second-order valence-corrected chi connectivity index (χ2v) is 5.36. The van der Waals surface area contributed by atoms with Crippen LogP contribution in [0.5, 0.6) is 0 Å². The molecule has 0 aromatic rings. The zero-order valence-corrected chi connectivity index (χ0v) is 12.2.